The number of carbonyl (C=O) groups excluding carboxylic acids is 1. The molecule has 0 aliphatic carbocycles. The number of hydrogen-bond acceptors (Lipinski definition) is 3. The van der Waals surface area contributed by atoms with Crippen LogP contribution in [0.2, 0.25) is 0 Å². The summed E-state index contributed by atoms with van der Waals surface area (Å²) >= 11 is 0. The molecule has 0 N–H and O–H groups in total. The fraction of sp³-hybridized carbons (Fsp3) is 0.211. The largest absolute Gasteiger partial charge is 0.497 e. The molecule has 114 valence electrons. The maximum absolute atomic E-state index is 12.2. The number of benzene rings is 2. The van der Waals surface area contributed by atoms with Gasteiger partial charge in [0, 0.05) is 5.56 Å². The summed E-state index contributed by atoms with van der Waals surface area (Å²) < 4.78 is 10.7. The van der Waals surface area contributed by atoms with E-state index in [1.807, 2.05) is 43.3 Å². The highest BCUT2D eigenvalue weighted by Crippen LogP contribution is 2.14. The van der Waals surface area contributed by atoms with Gasteiger partial charge in [0.15, 0.2) is 5.78 Å². The summed E-state index contributed by atoms with van der Waals surface area (Å²) in [4.78, 5) is 12.2. The van der Waals surface area contributed by atoms with Crippen LogP contribution >= 0.6 is 0 Å². The predicted molar refractivity (Wildman–Crippen MR) is 87.2 cm³/mol. The van der Waals surface area contributed by atoms with Crippen LogP contribution in [0.5, 0.6) is 5.75 Å². The number of rotatable bonds is 7. The van der Waals surface area contributed by atoms with Crippen molar-refractivity contribution >= 4 is 5.78 Å². The van der Waals surface area contributed by atoms with Gasteiger partial charge in [0.25, 0.3) is 0 Å². The van der Waals surface area contributed by atoms with Gasteiger partial charge in [-0.15, -0.1) is 0 Å². The van der Waals surface area contributed by atoms with Gasteiger partial charge >= 0.3 is 0 Å². The lowest BCUT2D eigenvalue weighted by molar-refractivity contribution is 0.104. The highest BCUT2D eigenvalue weighted by molar-refractivity contribution is 6.05. The number of ether oxygens (including phenoxy) is 2. The molecule has 0 aliphatic rings. The molecule has 0 unspecified atom stereocenters. The summed E-state index contributed by atoms with van der Waals surface area (Å²) in [5.74, 6) is 0.636. The quantitative estimate of drug-likeness (QED) is 0.571. The lowest BCUT2D eigenvalue weighted by atomic mass is 10.1. The molecule has 0 saturated carbocycles. The maximum Gasteiger partial charge on any atom is 0.185 e. The zero-order valence-corrected chi connectivity index (χ0v) is 12.9. The van der Waals surface area contributed by atoms with Gasteiger partial charge in [-0.2, -0.15) is 0 Å². The molecule has 0 aromatic heterocycles. The van der Waals surface area contributed by atoms with Gasteiger partial charge in [-0.05, 0) is 36.3 Å². The standard InChI is InChI=1S/C19H20O3/c1-15(13-22-14-16-7-4-3-5-8-16)11-19(20)17-9-6-10-18(12-17)21-2/h3-12H,13-14H2,1-2H3. The minimum atomic E-state index is -0.0419. The SMILES string of the molecule is COc1cccc(C(=O)C=C(C)COCc2ccccc2)c1. The van der Waals surface area contributed by atoms with Crippen LogP contribution < -0.4 is 4.74 Å². The molecule has 0 heterocycles. The molecule has 0 aliphatic heterocycles. The summed E-state index contributed by atoms with van der Waals surface area (Å²) in [6, 6.07) is 17.1. The first-order valence-electron chi connectivity index (χ1n) is 7.16. The lowest BCUT2D eigenvalue weighted by Crippen LogP contribution is -2.01. The van der Waals surface area contributed by atoms with Crippen molar-refractivity contribution in [3.05, 3.63) is 77.4 Å². The van der Waals surface area contributed by atoms with E-state index < -0.39 is 0 Å². The molecule has 2 rings (SSSR count). The summed E-state index contributed by atoms with van der Waals surface area (Å²) in [5.41, 5.74) is 2.62. The van der Waals surface area contributed by atoms with Crippen molar-refractivity contribution in [2.24, 2.45) is 0 Å². The minimum absolute atomic E-state index is 0.0419. The van der Waals surface area contributed by atoms with Gasteiger partial charge in [0.05, 0.1) is 20.3 Å². The molecule has 2 aromatic rings. The van der Waals surface area contributed by atoms with Crippen molar-refractivity contribution in [2.75, 3.05) is 13.7 Å². The first-order chi connectivity index (χ1) is 10.7. The molecule has 0 saturated heterocycles. The fourth-order valence-electron chi connectivity index (χ4n) is 2.03. The van der Waals surface area contributed by atoms with Crippen molar-refractivity contribution in [3.63, 3.8) is 0 Å². The molecule has 0 atom stereocenters. The Balaban J connectivity index is 1.89. The average Bonchev–Trinajstić information content (AvgIpc) is 2.56. The van der Waals surface area contributed by atoms with E-state index in [9.17, 15) is 4.79 Å². The maximum atomic E-state index is 12.2. The summed E-state index contributed by atoms with van der Waals surface area (Å²) in [7, 11) is 1.59. The molecule has 3 heteroatoms. The zero-order chi connectivity index (χ0) is 15.8. The Morgan fingerprint density at radius 2 is 1.86 bits per heavy atom. The van der Waals surface area contributed by atoms with Crippen LogP contribution in [0.25, 0.3) is 0 Å². The number of ketones is 1. The van der Waals surface area contributed by atoms with E-state index in [1.165, 1.54) is 0 Å². The molecule has 2 aromatic carbocycles. The van der Waals surface area contributed by atoms with Gasteiger partial charge in [-0.25, -0.2) is 0 Å². The van der Waals surface area contributed by atoms with Gasteiger partial charge < -0.3 is 9.47 Å². The van der Waals surface area contributed by atoms with E-state index >= 15 is 0 Å². The van der Waals surface area contributed by atoms with Crippen molar-refractivity contribution in [1.82, 2.24) is 0 Å². The Labute approximate surface area is 131 Å². The molecular weight excluding hydrogens is 276 g/mol. The van der Waals surface area contributed by atoms with E-state index in [0.29, 0.717) is 24.5 Å². The second-order valence-electron chi connectivity index (χ2n) is 5.07. The summed E-state index contributed by atoms with van der Waals surface area (Å²) in [5, 5.41) is 0. The van der Waals surface area contributed by atoms with E-state index in [4.69, 9.17) is 9.47 Å². The average molecular weight is 296 g/mol. The van der Waals surface area contributed by atoms with Crippen LogP contribution in [-0.2, 0) is 11.3 Å². The van der Waals surface area contributed by atoms with Crippen molar-refractivity contribution in [3.8, 4) is 5.75 Å². The smallest absolute Gasteiger partial charge is 0.185 e. The zero-order valence-electron chi connectivity index (χ0n) is 12.9. The van der Waals surface area contributed by atoms with Crippen LogP contribution in [0, 0.1) is 0 Å². The van der Waals surface area contributed by atoms with Crippen LogP contribution in [0.15, 0.2) is 66.2 Å². The van der Waals surface area contributed by atoms with E-state index in [0.717, 1.165) is 11.1 Å². The van der Waals surface area contributed by atoms with Gasteiger partial charge in [-0.3, -0.25) is 4.79 Å². The van der Waals surface area contributed by atoms with Gasteiger partial charge in [-0.1, -0.05) is 42.5 Å². The van der Waals surface area contributed by atoms with Gasteiger partial charge in [0.1, 0.15) is 5.75 Å². The Bertz CT molecular complexity index is 645. The first kappa shape index (κ1) is 16.0. The number of hydrogen-bond donors (Lipinski definition) is 0. The van der Waals surface area contributed by atoms with E-state index in [1.54, 1.807) is 31.4 Å². The highest BCUT2D eigenvalue weighted by Gasteiger charge is 2.04. The predicted octanol–water partition coefficient (Wildman–Crippen LogP) is 4.04. The third kappa shape index (κ3) is 4.86. The molecular formula is C19H20O3. The topological polar surface area (TPSA) is 35.5 Å². The monoisotopic (exact) mass is 296 g/mol. The van der Waals surface area contributed by atoms with Crippen molar-refractivity contribution < 1.29 is 14.3 Å². The third-order valence-electron chi connectivity index (χ3n) is 3.17. The van der Waals surface area contributed by atoms with E-state index in [-0.39, 0.29) is 5.78 Å². The number of methoxy groups -OCH3 is 1. The first-order valence-corrected chi connectivity index (χ1v) is 7.16. The molecule has 0 bridgehead atoms. The van der Waals surface area contributed by atoms with Crippen LogP contribution in [0.3, 0.4) is 0 Å². The number of carbonyl (C=O) groups is 1. The molecule has 0 fully saturated rings. The van der Waals surface area contributed by atoms with E-state index in [2.05, 4.69) is 0 Å². The molecule has 0 spiro atoms. The second kappa shape index (κ2) is 8.15. The molecule has 3 nitrogen and oxygen atoms in total. The normalized spacial score (nSPS) is 11.3. The Kier molecular flexibility index (Phi) is 5.92. The Morgan fingerprint density at radius 1 is 1.09 bits per heavy atom. The van der Waals surface area contributed by atoms with Crippen LogP contribution in [-0.4, -0.2) is 19.5 Å². The summed E-state index contributed by atoms with van der Waals surface area (Å²) in [6.45, 7) is 2.87. The van der Waals surface area contributed by atoms with Crippen molar-refractivity contribution in [2.45, 2.75) is 13.5 Å². The third-order valence-corrected chi connectivity index (χ3v) is 3.17. The Morgan fingerprint density at radius 3 is 2.59 bits per heavy atom. The second-order valence-corrected chi connectivity index (χ2v) is 5.07. The highest BCUT2D eigenvalue weighted by atomic mass is 16.5. The van der Waals surface area contributed by atoms with Crippen LogP contribution in [0.1, 0.15) is 22.8 Å². The Hall–Kier alpha value is -2.39. The van der Waals surface area contributed by atoms with Crippen molar-refractivity contribution in [1.29, 1.82) is 0 Å². The van der Waals surface area contributed by atoms with Crippen LogP contribution in [0.4, 0.5) is 0 Å². The lowest BCUT2D eigenvalue weighted by Gasteiger charge is -2.05. The number of allylic oxidation sites excluding steroid dienone is 1. The fourth-order valence-corrected chi connectivity index (χ4v) is 2.03. The minimum Gasteiger partial charge on any atom is -0.497 e. The summed E-state index contributed by atoms with van der Waals surface area (Å²) in [6.07, 6.45) is 1.61. The molecule has 0 radical (unpaired) electrons. The molecule has 0 amide bonds. The molecule has 22 heavy (non-hydrogen) atoms. The van der Waals surface area contributed by atoms with Gasteiger partial charge in [0.2, 0.25) is 0 Å².